The van der Waals surface area contributed by atoms with E-state index >= 15 is 0 Å². The first kappa shape index (κ1) is 23.9. The van der Waals surface area contributed by atoms with Crippen LogP contribution in [0.3, 0.4) is 0 Å². The molecule has 7 heteroatoms. The summed E-state index contributed by atoms with van der Waals surface area (Å²) in [4.78, 5) is 21.2. The molecule has 0 bridgehead atoms. The van der Waals surface area contributed by atoms with Crippen LogP contribution in [0.2, 0.25) is 0 Å². The van der Waals surface area contributed by atoms with Crippen LogP contribution >= 0.6 is 0 Å². The van der Waals surface area contributed by atoms with Gasteiger partial charge in [-0.05, 0) is 37.4 Å². The molecule has 0 heterocycles. The number of benzene rings is 2. The number of hydrogen-bond acceptors (Lipinski definition) is 5. The number of carbonyl (C=O) groups is 2. The van der Waals surface area contributed by atoms with Crippen LogP contribution in [0.25, 0.3) is 0 Å². The van der Waals surface area contributed by atoms with Gasteiger partial charge in [0.2, 0.25) is 0 Å². The second-order valence-electron chi connectivity index (χ2n) is 6.25. The van der Waals surface area contributed by atoms with Crippen molar-refractivity contribution in [3.05, 3.63) is 77.9 Å². The topological polar surface area (TPSA) is 96.3 Å². The molecule has 2 N–H and O–H groups in total. The molecule has 0 spiro atoms. The first-order valence-corrected chi connectivity index (χ1v) is 8.92. The highest BCUT2D eigenvalue weighted by Gasteiger charge is 2.14. The molecule has 2 aromatic rings. The van der Waals surface area contributed by atoms with Gasteiger partial charge >= 0.3 is 11.9 Å². The standard InChI is InChI=1S/C18H23NO2.C4H4O4/c1-19(2)13-14-21-18(15-7-5-4-6-8-15)16-9-11-17(20-3)12-10-16;5-3(6)1-2-4(7)8/h4-12,18H,13-14H2,1-3H3;1-2H,(H,5,6)(H,7,8)/b;2-1-. The van der Waals surface area contributed by atoms with Gasteiger partial charge in [0.1, 0.15) is 11.9 Å². The van der Waals surface area contributed by atoms with Crippen molar-refractivity contribution in [2.75, 3.05) is 34.4 Å². The van der Waals surface area contributed by atoms with Crippen LogP contribution in [0.5, 0.6) is 5.75 Å². The fraction of sp³-hybridized carbons (Fsp3) is 0.273. The highest BCUT2D eigenvalue weighted by molar-refractivity contribution is 5.89. The van der Waals surface area contributed by atoms with Crippen molar-refractivity contribution < 1.29 is 29.3 Å². The molecule has 1 unspecified atom stereocenters. The molecular formula is C22H27NO6. The van der Waals surface area contributed by atoms with Crippen LogP contribution in [-0.2, 0) is 14.3 Å². The van der Waals surface area contributed by atoms with Crippen molar-refractivity contribution in [1.29, 1.82) is 0 Å². The second kappa shape index (κ2) is 13.1. The van der Waals surface area contributed by atoms with E-state index in [2.05, 4.69) is 29.2 Å². The zero-order valence-corrected chi connectivity index (χ0v) is 16.8. The Morgan fingerprint density at radius 1 is 0.931 bits per heavy atom. The molecule has 0 aliphatic heterocycles. The van der Waals surface area contributed by atoms with E-state index in [-0.39, 0.29) is 6.10 Å². The molecule has 0 amide bonds. The fourth-order valence-corrected chi connectivity index (χ4v) is 2.29. The lowest BCUT2D eigenvalue weighted by Crippen LogP contribution is -2.20. The minimum Gasteiger partial charge on any atom is -0.497 e. The summed E-state index contributed by atoms with van der Waals surface area (Å²) in [6, 6.07) is 18.4. The number of nitrogens with zero attached hydrogens (tertiary/aromatic N) is 1. The molecule has 2 rings (SSSR count). The third-order valence-corrected chi connectivity index (χ3v) is 3.71. The Balaban J connectivity index is 0.000000447. The third kappa shape index (κ3) is 10.1. The van der Waals surface area contributed by atoms with Gasteiger partial charge in [0, 0.05) is 18.7 Å². The van der Waals surface area contributed by atoms with Gasteiger partial charge in [-0.2, -0.15) is 0 Å². The Morgan fingerprint density at radius 3 is 1.90 bits per heavy atom. The molecular weight excluding hydrogens is 374 g/mol. The Bertz CT molecular complexity index is 756. The molecule has 156 valence electrons. The van der Waals surface area contributed by atoms with Crippen LogP contribution in [0.1, 0.15) is 17.2 Å². The Kier molecular flexibility index (Phi) is 10.8. The molecule has 0 saturated heterocycles. The molecule has 0 aromatic heterocycles. The highest BCUT2D eigenvalue weighted by atomic mass is 16.5. The molecule has 0 radical (unpaired) electrons. The molecule has 0 saturated carbocycles. The monoisotopic (exact) mass is 401 g/mol. The average Bonchev–Trinajstić information content (AvgIpc) is 2.71. The molecule has 0 fully saturated rings. The number of aliphatic carboxylic acids is 2. The minimum absolute atomic E-state index is 0.0444. The summed E-state index contributed by atoms with van der Waals surface area (Å²) in [6.07, 6.45) is 1.07. The number of ether oxygens (including phenoxy) is 2. The van der Waals surface area contributed by atoms with E-state index in [4.69, 9.17) is 19.7 Å². The van der Waals surface area contributed by atoms with Gasteiger partial charge in [0.15, 0.2) is 0 Å². The Hall–Kier alpha value is -3.16. The summed E-state index contributed by atoms with van der Waals surface area (Å²) in [7, 11) is 5.78. The van der Waals surface area contributed by atoms with Crippen LogP contribution in [-0.4, -0.2) is 61.4 Å². The van der Waals surface area contributed by atoms with Gasteiger partial charge in [-0.1, -0.05) is 42.5 Å². The Labute approximate surface area is 170 Å². The van der Waals surface area contributed by atoms with Crippen molar-refractivity contribution in [2.24, 2.45) is 0 Å². The van der Waals surface area contributed by atoms with Gasteiger partial charge < -0.3 is 24.6 Å². The summed E-state index contributed by atoms with van der Waals surface area (Å²) in [6.45, 7) is 1.60. The summed E-state index contributed by atoms with van der Waals surface area (Å²) < 4.78 is 11.3. The van der Waals surface area contributed by atoms with Crippen molar-refractivity contribution in [1.82, 2.24) is 4.90 Å². The third-order valence-electron chi connectivity index (χ3n) is 3.71. The smallest absolute Gasteiger partial charge is 0.328 e. The summed E-state index contributed by atoms with van der Waals surface area (Å²) in [5, 5.41) is 15.6. The minimum atomic E-state index is -1.26. The van der Waals surface area contributed by atoms with Gasteiger partial charge in [0.25, 0.3) is 0 Å². The van der Waals surface area contributed by atoms with E-state index in [1.807, 2.05) is 44.4 Å². The van der Waals surface area contributed by atoms with E-state index in [1.165, 1.54) is 5.56 Å². The van der Waals surface area contributed by atoms with E-state index in [0.29, 0.717) is 18.8 Å². The maximum absolute atomic E-state index is 9.55. The number of carboxylic acids is 2. The van der Waals surface area contributed by atoms with Gasteiger partial charge in [0.05, 0.1) is 13.7 Å². The van der Waals surface area contributed by atoms with Gasteiger partial charge in [-0.15, -0.1) is 0 Å². The molecule has 7 nitrogen and oxygen atoms in total. The largest absolute Gasteiger partial charge is 0.497 e. The normalized spacial score (nSPS) is 11.6. The first-order valence-electron chi connectivity index (χ1n) is 8.92. The van der Waals surface area contributed by atoms with Crippen LogP contribution in [0.4, 0.5) is 0 Å². The lowest BCUT2D eigenvalue weighted by atomic mass is 10.0. The lowest BCUT2D eigenvalue weighted by molar-refractivity contribution is -0.134. The molecule has 29 heavy (non-hydrogen) atoms. The van der Waals surface area contributed by atoms with Crippen molar-refractivity contribution in [3.8, 4) is 5.75 Å². The fourth-order valence-electron chi connectivity index (χ4n) is 2.29. The zero-order valence-electron chi connectivity index (χ0n) is 16.8. The predicted octanol–water partition coefficient (Wildman–Crippen LogP) is 3.07. The maximum atomic E-state index is 9.55. The van der Waals surface area contributed by atoms with Crippen LogP contribution in [0, 0.1) is 0 Å². The molecule has 1 atom stereocenters. The number of rotatable bonds is 9. The predicted molar refractivity (Wildman–Crippen MR) is 110 cm³/mol. The van der Waals surface area contributed by atoms with Crippen LogP contribution in [0.15, 0.2) is 66.7 Å². The molecule has 0 aliphatic rings. The number of hydrogen-bond donors (Lipinski definition) is 2. The summed E-state index contributed by atoms with van der Waals surface area (Å²) >= 11 is 0. The molecule has 2 aromatic carbocycles. The van der Waals surface area contributed by atoms with E-state index < -0.39 is 11.9 Å². The van der Waals surface area contributed by atoms with E-state index in [0.717, 1.165) is 17.9 Å². The average molecular weight is 401 g/mol. The summed E-state index contributed by atoms with van der Waals surface area (Å²) in [5.41, 5.74) is 2.31. The number of carboxylic acid groups (broad SMARTS) is 2. The quantitative estimate of drug-likeness (QED) is 0.623. The second-order valence-corrected chi connectivity index (χ2v) is 6.25. The number of methoxy groups -OCH3 is 1. The van der Waals surface area contributed by atoms with Gasteiger partial charge in [-0.3, -0.25) is 0 Å². The van der Waals surface area contributed by atoms with E-state index in [1.54, 1.807) is 7.11 Å². The van der Waals surface area contributed by atoms with Crippen LogP contribution < -0.4 is 4.74 Å². The van der Waals surface area contributed by atoms with Crippen molar-refractivity contribution in [3.63, 3.8) is 0 Å². The van der Waals surface area contributed by atoms with Crippen molar-refractivity contribution in [2.45, 2.75) is 6.10 Å². The first-order chi connectivity index (χ1) is 13.8. The van der Waals surface area contributed by atoms with Crippen molar-refractivity contribution >= 4 is 11.9 Å². The van der Waals surface area contributed by atoms with E-state index in [9.17, 15) is 9.59 Å². The highest BCUT2D eigenvalue weighted by Crippen LogP contribution is 2.27. The lowest BCUT2D eigenvalue weighted by Gasteiger charge is -2.20. The number of likely N-dealkylation sites (N-methyl/N-ethyl adjacent to an activating group) is 1. The van der Waals surface area contributed by atoms with Gasteiger partial charge in [-0.25, -0.2) is 9.59 Å². The maximum Gasteiger partial charge on any atom is 0.328 e. The zero-order chi connectivity index (χ0) is 21.6. The summed E-state index contributed by atoms with van der Waals surface area (Å²) in [5.74, 6) is -1.65. The molecule has 0 aliphatic carbocycles. The SMILES string of the molecule is COc1ccc(C(OCCN(C)C)c2ccccc2)cc1.O=C(O)/C=C\C(=O)O. The Morgan fingerprint density at radius 2 is 1.45 bits per heavy atom.